The van der Waals surface area contributed by atoms with Gasteiger partial charge in [-0.25, -0.2) is 0 Å². The Morgan fingerprint density at radius 2 is 1.85 bits per heavy atom. The van der Waals surface area contributed by atoms with Gasteiger partial charge in [0.25, 0.3) is 0 Å². The quantitative estimate of drug-likeness (QED) is 0.111. The summed E-state index contributed by atoms with van der Waals surface area (Å²) in [5, 5.41) is 26.0. The number of benzene rings is 2. The van der Waals surface area contributed by atoms with Crippen LogP contribution in [0.3, 0.4) is 0 Å². The van der Waals surface area contributed by atoms with Crippen LogP contribution in [-0.2, 0) is 16.2 Å². The smallest absolute Gasteiger partial charge is 0.226 e. The van der Waals surface area contributed by atoms with Crippen LogP contribution in [0.2, 0.25) is 5.02 Å². The molecule has 5 rings (SSSR count). The zero-order chi connectivity index (χ0) is 34.2. The molecule has 5 N–H and O–H groups in total. The van der Waals surface area contributed by atoms with Crippen molar-refractivity contribution >= 4 is 46.2 Å². The third-order valence-electron chi connectivity index (χ3n) is 8.20. The standard InChI is InChI=1S/C36H40ClN7O3S/c1-22-23(2)48-36-33(22)34(26-10-13-28(37)14-11-26)41-30(35-43-42-24(3)44(35)36)20-32(47)39-18-16-31(46)40-29-15-12-25(27(19-29)21-45)9-7-5-4-6-8-17-38/h10-15,19,30,45H,4-6,8,16-18,20-21,38H2,1-3H3,(H,39,47)(H,40,46)/t30-/m0/s1. The zero-order valence-electron chi connectivity index (χ0n) is 27.4. The molecule has 48 heavy (non-hydrogen) atoms. The van der Waals surface area contributed by atoms with Gasteiger partial charge in [-0.15, -0.1) is 21.5 Å². The van der Waals surface area contributed by atoms with E-state index in [0.717, 1.165) is 63.5 Å². The van der Waals surface area contributed by atoms with Crippen molar-refractivity contribution in [2.24, 2.45) is 10.7 Å². The van der Waals surface area contributed by atoms with E-state index in [0.29, 0.717) is 34.5 Å². The first-order chi connectivity index (χ1) is 23.2. The lowest BCUT2D eigenvalue weighted by Crippen LogP contribution is -2.29. The summed E-state index contributed by atoms with van der Waals surface area (Å²) < 4.78 is 2.00. The summed E-state index contributed by atoms with van der Waals surface area (Å²) >= 11 is 7.85. The van der Waals surface area contributed by atoms with E-state index < -0.39 is 6.04 Å². The van der Waals surface area contributed by atoms with E-state index in [1.807, 2.05) is 35.8 Å². The average Bonchev–Trinajstić information content (AvgIpc) is 3.55. The first-order valence-corrected chi connectivity index (χ1v) is 17.2. The van der Waals surface area contributed by atoms with Gasteiger partial charge in [-0.1, -0.05) is 42.0 Å². The van der Waals surface area contributed by atoms with Crippen molar-refractivity contribution in [3.8, 4) is 16.8 Å². The molecule has 4 aromatic rings. The van der Waals surface area contributed by atoms with Crippen LogP contribution >= 0.6 is 22.9 Å². The second kappa shape index (κ2) is 16.2. The summed E-state index contributed by atoms with van der Waals surface area (Å²) in [6, 6.07) is 12.2. The molecule has 0 unspecified atom stereocenters. The number of nitrogens with two attached hydrogens (primary N) is 1. The third-order valence-corrected chi connectivity index (χ3v) is 9.64. The molecule has 0 saturated heterocycles. The molecule has 1 aliphatic heterocycles. The predicted octanol–water partition coefficient (Wildman–Crippen LogP) is 5.70. The van der Waals surface area contributed by atoms with Gasteiger partial charge in [0.05, 0.1) is 18.7 Å². The van der Waals surface area contributed by atoms with E-state index in [9.17, 15) is 14.7 Å². The molecule has 0 bridgehead atoms. The highest BCUT2D eigenvalue weighted by atomic mass is 35.5. The van der Waals surface area contributed by atoms with Gasteiger partial charge in [0.15, 0.2) is 5.82 Å². The maximum atomic E-state index is 13.3. The van der Waals surface area contributed by atoms with Crippen LogP contribution in [0.4, 0.5) is 5.69 Å². The monoisotopic (exact) mass is 685 g/mol. The molecule has 3 heterocycles. The lowest BCUT2D eigenvalue weighted by Gasteiger charge is -2.13. The number of amides is 2. The second-order valence-corrected chi connectivity index (χ2v) is 13.3. The maximum absolute atomic E-state index is 13.3. The number of aliphatic hydroxyl groups excluding tert-OH is 1. The van der Waals surface area contributed by atoms with Crippen LogP contribution in [0.25, 0.3) is 5.00 Å². The zero-order valence-corrected chi connectivity index (χ0v) is 29.0. The van der Waals surface area contributed by atoms with Gasteiger partial charge in [-0.05, 0) is 81.6 Å². The Balaban J connectivity index is 1.24. The minimum atomic E-state index is -0.602. The van der Waals surface area contributed by atoms with Crippen molar-refractivity contribution in [1.82, 2.24) is 20.1 Å². The topological polar surface area (TPSA) is 148 Å². The van der Waals surface area contributed by atoms with E-state index in [1.165, 1.54) is 0 Å². The Bertz CT molecular complexity index is 1890. The number of nitrogens with one attached hydrogen (secondary N) is 2. The molecule has 0 spiro atoms. The molecule has 0 aliphatic carbocycles. The molecule has 2 aromatic carbocycles. The Labute approximate surface area is 289 Å². The number of aliphatic hydroxyl groups is 1. The molecule has 2 amide bonds. The highest BCUT2D eigenvalue weighted by Gasteiger charge is 2.32. The fraction of sp³-hybridized carbons (Fsp3) is 0.361. The number of halogens is 1. The van der Waals surface area contributed by atoms with Gasteiger partial charge in [-0.2, -0.15) is 0 Å². The van der Waals surface area contributed by atoms with Gasteiger partial charge in [-0.3, -0.25) is 19.1 Å². The van der Waals surface area contributed by atoms with Crippen LogP contribution < -0.4 is 16.4 Å². The minimum Gasteiger partial charge on any atom is -0.392 e. The summed E-state index contributed by atoms with van der Waals surface area (Å²) in [6.07, 6.45) is 3.88. The number of aryl methyl sites for hydroxylation is 2. The number of aromatic nitrogens is 3. The van der Waals surface area contributed by atoms with Crippen LogP contribution in [0, 0.1) is 32.6 Å². The number of rotatable bonds is 12. The molecular weight excluding hydrogens is 646 g/mol. The molecular formula is C36H40ClN7O3S. The number of unbranched alkanes of at least 4 members (excludes halogenated alkanes) is 3. The van der Waals surface area contributed by atoms with Crippen molar-refractivity contribution < 1.29 is 14.7 Å². The lowest BCUT2D eigenvalue weighted by atomic mass is 9.99. The first-order valence-electron chi connectivity index (χ1n) is 16.1. The number of carbonyl (C=O) groups is 2. The number of anilines is 1. The fourth-order valence-corrected chi connectivity index (χ4v) is 6.88. The van der Waals surface area contributed by atoms with Crippen LogP contribution in [-0.4, -0.2) is 50.5 Å². The van der Waals surface area contributed by atoms with E-state index in [4.69, 9.17) is 22.3 Å². The average molecular weight is 686 g/mol. The van der Waals surface area contributed by atoms with Crippen molar-refractivity contribution in [3.63, 3.8) is 0 Å². The SMILES string of the molecule is Cc1sc2c(c1C)C(c1ccc(Cl)cc1)=N[C@@H](CC(=O)NCCC(=O)Nc1ccc(C#CCCCCCN)c(CO)c1)c1nnc(C)n1-2. The summed E-state index contributed by atoms with van der Waals surface area (Å²) in [7, 11) is 0. The Morgan fingerprint density at radius 1 is 1.06 bits per heavy atom. The van der Waals surface area contributed by atoms with E-state index >= 15 is 0 Å². The van der Waals surface area contributed by atoms with Crippen molar-refractivity contribution in [1.29, 1.82) is 0 Å². The largest absolute Gasteiger partial charge is 0.392 e. The summed E-state index contributed by atoms with van der Waals surface area (Å²) in [6.45, 7) is 6.68. The van der Waals surface area contributed by atoms with E-state index in [1.54, 1.807) is 29.5 Å². The molecule has 1 aliphatic rings. The maximum Gasteiger partial charge on any atom is 0.226 e. The number of fused-ring (bicyclic) bond motifs is 3. The lowest BCUT2D eigenvalue weighted by molar-refractivity contribution is -0.121. The number of hydrogen-bond acceptors (Lipinski definition) is 8. The Hall–Kier alpha value is -4.34. The summed E-state index contributed by atoms with van der Waals surface area (Å²) in [4.78, 5) is 32.3. The normalized spacial score (nSPS) is 13.5. The van der Waals surface area contributed by atoms with Crippen molar-refractivity contribution in [2.45, 2.75) is 71.9 Å². The van der Waals surface area contributed by atoms with Crippen LogP contribution in [0.5, 0.6) is 0 Å². The number of nitrogens with zero attached hydrogens (tertiary/aromatic N) is 4. The van der Waals surface area contributed by atoms with Gasteiger partial charge in [0.1, 0.15) is 16.9 Å². The van der Waals surface area contributed by atoms with Crippen molar-refractivity contribution in [3.05, 3.63) is 91.8 Å². The third kappa shape index (κ3) is 8.20. The van der Waals surface area contributed by atoms with Gasteiger partial charge in [0, 0.05) is 51.7 Å². The molecule has 0 fully saturated rings. The molecule has 2 aromatic heterocycles. The van der Waals surface area contributed by atoms with Gasteiger partial charge >= 0.3 is 0 Å². The van der Waals surface area contributed by atoms with Gasteiger partial charge < -0.3 is 21.5 Å². The van der Waals surface area contributed by atoms with E-state index in [-0.39, 0.29) is 37.8 Å². The highest BCUT2D eigenvalue weighted by molar-refractivity contribution is 7.15. The highest BCUT2D eigenvalue weighted by Crippen LogP contribution is 2.39. The number of carbonyl (C=O) groups excluding carboxylic acids is 2. The molecule has 250 valence electrons. The minimum absolute atomic E-state index is 0.0270. The number of thiophene rings is 1. The van der Waals surface area contributed by atoms with Gasteiger partial charge in [0.2, 0.25) is 11.8 Å². The van der Waals surface area contributed by atoms with Crippen LogP contribution in [0.15, 0.2) is 47.5 Å². The molecule has 10 nitrogen and oxygen atoms in total. The van der Waals surface area contributed by atoms with E-state index in [2.05, 4.69) is 46.5 Å². The number of aliphatic imine (C=N–C) groups is 1. The summed E-state index contributed by atoms with van der Waals surface area (Å²) in [5.74, 6) is 7.04. The first kappa shape index (κ1) is 35.0. The number of hydrogen-bond donors (Lipinski definition) is 4. The molecule has 0 radical (unpaired) electrons. The predicted molar refractivity (Wildman–Crippen MR) is 191 cm³/mol. The molecule has 0 saturated carbocycles. The molecule has 1 atom stereocenters. The van der Waals surface area contributed by atoms with Crippen molar-refractivity contribution in [2.75, 3.05) is 18.4 Å². The second-order valence-electron chi connectivity index (χ2n) is 11.7. The van der Waals surface area contributed by atoms with Crippen LogP contribution in [0.1, 0.15) is 88.9 Å². The Morgan fingerprint density at radius 3 is 2.60 bits per heavy atom. The molecule has 12 heteroatoms. The Kier molecular flexibility index (Phi) is 11.8. The fourth-order valence-electron chi connectivity index (χ4n) is 5.54. The summed E-state index contributed by atoms with van der Waals surface area (Å²) in [5.41, 5.74) is 11.2.